The molecule has 0 N–H and O–H groups in total. The van der Waals surface area contributed by atoms with Crippen LogP contribution in [0.2, 0.25) is 0 Å². The van der Waals surface area contributed by atoms with Crippen molar-refractivity contribution in [3.05, 3.63) is 90.6 Å². The molecule has 3 heterocycles. The Morgan fingerprint density at radius 1 is 1.28 bits per heavy atom. The highest BCUT2D eigenvalue weighted by atomic mass is 79.9. The van der Waals surface area contributed by atoms with Gasteiger partial charge in [-0.3, -0.25) is 10.1 Å². The van der Waals surface area contributed by atoms with E-state index in [2.05, 4.69) is 28.1 Å². The van der Waals surface area contributed by atoms with Crippen LogP contribution in [0, 0.1) is 10.1 Å². The molecule has 0 saturated carbocycles. The van der Waals surface area contributed by atoms with Gasteiger partial charge in [0.05, 0.1) is 21.6 Å². The van der Waals surface area contributed by atoms with Crippen molar-refractivity contribution in [2.75, 3.05) is 0 Å². The number of thiophene rings is 1. The van der Waals surface area contributed by atoms with Crippen molar-refractivity contribution in [1.82, 2.24) is 5.01 Å². The molecule has 146 valence electrons. The first-order valence-corrected chi connectivity index (χ1v) is 10.8. The number of hydrogen-bond acceptors (Lipinski definition) is 6. The summed E-state index contributed by atoms with van der Waals surface area (Å²) in [6.07, 6.45) is 0.774. The number of nitro groups is 1. The Balaban J connectivity index is 1.64. The molecule has 0 fully saturated rings. The van der Waals surface area contributed by atoms with Gasteiger partial charge in [-0.2, -0.15) is 5.10 Å². The van der Waals surface area contributed by atoms with Gasteiger partial charge in [0.25, 0.3) is 5.69 Å². The lowest BCUT2D eigenvalue weighted by Crippen LogP contribution is -2.48. The molecule has 0 saturated heterocycles. The van der Waals surface area contributed by atoms with E-state index in [9.17, 15) is 10.1 Å². The maximum absolute atomic E-state index is 11.1. The molecule has 0 radical (unpaired) electrons. The molecular weight excluding hydrogens is 454 g/mol. The van der Waals surface area contributed by atoms with Crippen LogP contribution in [0.5, 0.6) is 5.75 Å². The van der Waals surface area contributed by atoms with E-state index in [0.717, 1.165) is 38.4 Å². The molecule has 29 heavy (non-hydrogen) atoms. The number of benzene rings is 2. The SMILES string of the molecule is C[C@@]1(c2ccc([N+](=O)[O-])cc2)Oc2ccc(Br)cc2[C@H]2CC(c3cccs3)=NN21. The number of hydrogen-bond donors (Lipinski definition) is 0. The summed E-state index contributed by atoms with van der Waals surface area (Å²) in [5.41, 5.74) is 2.10. The summed E-state index contributed by atoms with van der Waals surface area (Å²) in [7, 11) is 0. The third-order valence-corrected chi connectivity index (χ3v) is 6.82. The van der Waals surface area contributed by atoms with E-state index in [4.69, 9.17) is 9.84 Å². The standard InChI is InChI=1S/C21H16BrN3O3S/c1-21(13-4-7-15(8-5-13)25(26)27)24-18(12-17(23-24)20-3-2-10-29-20)16-11-14(22)6-9-19(16)28-21/h2-11,18H,12H2,1H3/t18-,21+/m1/s1. The van der Waals surface area contributed by atoms with Crippen molar-refractivity contribution >= 4 is 38.7 Å². The Bertz CT molecular complexity index is 1130. The minimum Gasteiger partial charge on any atom is -0.462 e. The summed E-state index contributed by atoms with van der Waals surface area (Å²) in [4.78, 5) is 11.8. The zero-order chi connectivity index (χ0) is 20.2. The molecular formula is C21H16BrN3O3S. The first-order valence-electron chi connectivity index (χ1n) is 9.10. The zero-order valence-corrected chi connectivity index (χ0v) is 17.8. The second-order valence-corrected chi connectivity index (χ2v) is 9.02. The first-order chi connectivity index (χ1) is 14.0. The van der Waals surface area contributed by atoms with Crippen LogP contribution in [0.4, 0.5) is 5.69 Å². The number of non-ortho nitro benzene ring substituents is 1. The normalized spacial score (nSPS) is 22.5. The Hall–Kier alpha value is -2.71. The number of nitro benzene ring substituents is 1. The van der Waals surface area contributed by atoms with Gasteiger partial charge in [0.15, 0.2) is 0 Å². The summed E-state index contributed by atoms with van der Waals surface area (Å²) < 4.78 is 7.46. The Morgan fingerprint density at radius 2 is 2.07 bits per heavy atom. The Kier molecular flexibility index (Phi) is 4.22. The fourth-order valence-corrected chi connectivity index (χ4v) is 5.05. The lowest BCUT2D eigenvalue weighted by atomic mass is 9.93. The zero-order valence-electron chi connectivity index (χ0n) is 15.4. The van der Waals surface area contributed by atoms with Crippen LogP contribution in [-0.2, 0) is 5.72 Å². The third kappa shape index (κ3) is 2.94. The number of rotatable bonds is 3. The molecule has 0 bridgehead atoms. The number of nitrogens with zero attached hydrogens (tertiary/aromatic N) is 3. The second kappa shape index (κ2) is 6.67. The Labute approximate surface area is 179 Å². The van der Waals surface area contributed by atoms with E-state index in [1.807, 2.05) is 35.5 Å². The fraction of sp³-hybridized carbons (Fsp3) is 0.190. The van der Waals surface area contributed by atoms with Crippen molar-refractivity contribution in [3.8, 4) is 5.75 Å². The molecule has 0 unspecified atom stereocenters. The largest absolute Gasteiger partial charge is 0.462 e. The van der Waals surface area contributed by atoms with Gasteiger partial charge in [-0.05, 0) is 41.8 Å². The minimum absolute atomic E-state index is 0.0218. The lowest BCUT2D eigenvalue weighted by Gasteiger charge is -2.46. The number of fused-ring (bicyclic) bond motifs is 3. The van der Waals surface area contributed by atoms with Gasteiger partial charge in [0.1, 0.15) is 5.75 Å². The van der Waals surface area contributed by atoms with E-state index >= 15 is 0 Å². The first kappa shape index (κ1) is 18.3. The number of ether oxygens (including phenoxy) is 1. The van der Waals surface area contributed by atoms with E-state index in [1.165, 1.54) is 12.1 Å². The van der Waals surface area contributed by atoms with Crippen LogP contribution in [-0.4, -0.2) is 15.6 Å². The maximum Gasteiger partial charge on any atom is 0.269 e. The predicted octanol–water partition coefficient (Wildman–Crippen LogP) is 5.84. The van der Waals surface area contributed by atoms with Gasteiger partial charge in [-0.15, -0.1) is 11.3 Å². The molecule has 5 rings (SSSR count). The summed E-state index contributed by atoms with van der Waals surface area (Å²) >= 11 is 5.23. The summed E-state index contributed by atoms with van der Waals surface area (Å²) in [6, 6.07) is 16.6. The molecule has 2 aromatic carbocycles. The topological polar surface area (TPSA) is 68.0 Å². The summed E-state index contributed by atoms with van der Waals surface area (Å²) in [6.45, 7) is 1.97. The lowest BCUT2D eigenvalue weighted by molar-refractivity contribution is -0.384. The van der Waals surface area contributed by atoms with Gasteiger partial charge in [0, 0.05) is 41.1 Å². The third-order valence-electron chi connectivity index (χ3n) is 5.41. The van der Waals surface area contributed by atoms with Gasteiger partial charge < -0.3 is 4.74 Å². The highest BCUT2D eigenvalue weighted by Gasteiger charge is 2.49. The van der Waals surface area contributed by atoms with Crippen LogP contribution in [0.3, 0.4) is 0 Å². The van der Waals surface area contributed by atoms with Crippen LogP contribution < -0.4 is 4.74 Å². The highest BCUT2D eigenvalue weighted by Crippen LogP contribution is 2.51. The molecule has 6 nitrogen and oxygen atoms in total. The van der Waals surface area contributed by atoms with Crippen molar-refractivity contribution < 1.29 is 9.66 Å². The van der Waals surface area contributed by atoms with Crippen molar-refractivity contribution in [1.29, 1.82) is 0 Å². The highest BCUT2D eigenvalue weighted by molar-refractivity contribution is 9.10. The fourth-order valence-electron chi connectivity index (χ4n) is 3.95. The molecule has 2 atom stereocenters. The smallest absolute Gasteiger partial charge is 0.269 e. The van der Waals surface area contributed by atoms with Crippen LogP contribution in [0.25, 0.3) is 0 Å². The molecule has 2 aliphatic heterocycles. The van der Waals surface area contributed by atoms with E-state index in [-0.39, 0.29) is 11.7 Å². The molecule has 0 amide bonds. The second-order valence-electron chi connectivity index (χ2n) is 7.16. The molecule has 3 aromatic rings. The van der Waals surface area contributed by atoms with Crippen LogP contribution in [0.15, 0.2) is 69.6 Å². The molecule has 8 heteroatoms. The molecule has 0 aliphatic carbocycles. The summed E-state index contributed by atoms with van der Waals surface area (Å²) in [5.74, 6) is 0.804. The quantitative estimate of drug-likeness (QED) is 0.357. The average molecular weight is 470 g/mol. The monoisotopic (exact) mass is 469 g/mol. The van der Waals surface area contributed by atoms with Crippen LogP contribution >= 0.6 is 27.3 Å². The molecule has 2 aliphatic rings. The molecule has 0 spiro atoms. The predicted molar refractivity (Wildman–Crippen MR) is 115 cm³/mol. The van der Waals surface area contributed by atoms with Crippen molar-refractivity contribution in [3.63, 3.8) is 0 Å². The Morgan fingerprint density at radius 3 is 2.76 bits per heavy atom. The molecule has 1 aromatic heterocycles. The summed E-state index contributed by atoms with van der Waals surface area (Å²) in [5, 5.41) is 20.1. The average Bonchev–Trinajstić information content (AvgIpc) is 3.39. The van der Waals surface area contributed by atoms with Gasteiger partial charge >= 0.3 is 0 Å². The van der Waals surface area contributed by atoms with E-state index in [0.29, 0.717) is 0 Å². The van der Waals surface area contributed by atoms with Gasteiger partial charge in [0.2, 0.25) is 5.72 Å². The maximum atomic E-state index is 11.1. The number of halogens is 1. The van der Waals surface area contributed by atoms with Crippen molar-refractivity contribution in [2.24, 2.45) is 5.10 Å². The van der Waals surface area contributed by atoms with Crippen LogP contribution in [0.1, 0.15) is 35.4 Å². The van der Waals surface area contributed by atoms with E-state index in [1.54, 1.807) is 23.5 Å². The minimum atomic E-state index is -0.875. The van der Waals surface area contributed by atoms with Gasteiger partial charge in [-0.1, -0.05) is 22.0 Å². The van der Waals surface area contributed by atoms with Gasteiger partial charge in [-0.25, -0.2) is 5.01 Å². The van der Waals surface area contributed by atoms with Crippen molar-refractivity contribution in [2.45, 2.75) is 25.1 Å². The van der Waals surface area contributed by atoms with E-state index < -0.39 is 10.6 Å². The number of hydrazone groups is 1.